The molecule has 0 N–H and O–H groups in total. The Balaban J connectivity index is 2.39. The van der Waals surface area contributed by atoms with Crippen LogP contribution in [-0.2, 0) is 33.9 Å². The summed E-state index contributed by atoms with van der Waals surface area (Å²) in [6.07, 6.45) is -0.844. The maximum Gasteiger partial charge on any atom is 0.396 e. The molecule has 0 saturated heterocycles. The molecule has 0 aromatic heterocycles. The molecule has 8 nitrogen and oxygen atoms in total. The van der Waals surface area contributed by atoms with Gasteiger partial charge in [0.15, 0.2) is 10.1 Å². The van der Waals surface area contributed by atoms with Gasteiger partial charge in [-0.15, -0.1) is 0 Å². The van der Waals surface area contributed by atoms with E-state index in [0.29, 0.717) is 12.8 Å². The van der Waals surface area contributed by atoms with Gasteiger partial charge in [-0.25, -0.2) is 13.2 Å². The predicted molar refractivity (Wildman–Crippen MR) is 92.7 cm³/mol. The predicted octanol–water partition coefficient (Wildman–Crippen LogP) is 2.61. The lowest BCUT2D eigenvalue weighted by Gasteiger charge is -2.29. The zero-order valence-electron chi connectivity index (χ0n) is 16.8. The van der Waals surface area contributed by atoms with E-state index in [2.05, 4.69) is 4.74 Å². The van der Waals surface area contributed by atoms with Gasteiger partial charge in [0.25, 0.3) is 0 Å². The zero-order valence-corrected chi connectivity index (χ0v) is 17.6. The quantitative estimate of drug-likeness (QED) is 0.290. The van der Waals surface area contributed by atoms with E-state index < -0.39 is 57.8 Å². The molecule has 176 valence electrons. The Kier molecular flexibility index (Phi) is 8.65. The van der Waals surface area contributed by atoms with Crippen LogP contribution in [0.25, 0.3) is 0 Å². The normalized spacial score (nSPS) is 21.2. The molecule has 0 aromatic carbocycles. The molecule has 1 aliphatic rings. The fourth-order valence-electron chi connectivity index (χ4n) is 2.75. The standard InChI is InChI=1S/C17H26F4O8S/c1-15(2,3)29-13(22)10-28-12-6-4-11(5-7-12)14(23)27-9-8-16(18,19)17(20,21)30(24,25)26/h11-12H,4-10H2,1-3H3,(H,24,25,26)/p-1. The van der Waals surface area contributed by atoms with Crippen molar-refractivity contribution in [1.29, 1.82) is 0 Å². The molecule has 1 aliphatic carbocycles. The van der Waals surface area contributed by atoms with Crippen molar-refractivity contribution in [3.63, 3.8) is 0 Å². The molecule has 0 unspecified atom stereocenters. The summed E-state index contributed by atoms with van der Waals surface area (Å²) in [5.74, 6) is -7.30. The first-order valence-corrected chi connectivity index (χ1v) is 10.6. The largest absolute Gasteiger partial charge is 0.743 e. The molecule has 0 spiro atoms. The molecule has 0 heterocycles. The topological polar surface area (TPSA) is 119 Å². The van der Waals surface area contributed by atoms with Crippen LogP contribution in [0.3, 0.4) is 0 Å². The van der Waals surface area contributed by atoms with Gasteiger partial charge in [-0.3, -0.25) is 4.79 Å². The number of ether oxygens (including phenoxy) is 3. The van der Waals surface area contributed by atoms with Crippen molar-refractivity contribution in [1.82, 2.24) is 0 Å². The maximum atomic E-state index is 13.3. The minimum Gasteiger partial charge on any atom is -0.743 e. The minimum absolute atomic E-state index is 0.261. The maximum absolute atomic E-state index is 13.3. The van der Waals surface area contributed by atoms with E-state index in [1.165, 1.54) is 0 Å². The molecular formula is C17H25F4O8S-. The van der Waals surface area contributed by atoms with Crippen LogP contribution < -0.4 is 0 Å². The minimum atomic E-state index is -6.58. The van der Waals surface area contributed by atoms with E-state index in [0.717, 1.165) is 0 Å². The van der Waals surface area contributed by atoms with Gasteiger partial charge in [-0.1, -0.05) is 0 Å². The van der Waals surface area contributed by atoms with Crippen LogP contribution in [0.15, 0.2) is 0 Å². The van der Waals surface area contributed by atoms with E-state index in [4.69, 9.17) is 9.47 Å². The Morgan fingerprint density at radius 1 is 1.03 bits per heavy atom. The van der Waals surface area contributed by atoms with Gasteiger partial charge < -0.3 is 18.8 Å². The van der Waals surface area contributed by atoms with Crippen LogP contribution in [-0.4, -0.2) is 61.0 Å². The summed E-state index contributed by atoms with van der Waals surface area (Å²) in [6, 6.07) is 0. The molecule has 13 heteroatoms. The third kappa shape index (κ3) is 7.65. The van der Waals surface area contributed by atoms with Gasteiger partial charge in [-0.2, -0.15) is 17.6 Å². The van der Waals surface area contributed by atoms with E-state index in [1.807, 2.05) is 0 Å². The van der Waals surface area contributed by atoms with Gasteiger partial charge in [0.2, 0.25) is 0 Å². The second-order valence-corrected chi connectivity index (χ2v) is 9.38. The van der Waals surface area contributed by atoms with Gasteiger partial charge in [0.1, 0.15) is 12.2 Å². The third-order valence-corrected chi connectivity index (χ3v) is 5.19. The number of hydrogen-bond donors (Lipinski definition) is 0. The third-order valence-electron chi connectivity index (χ3n) is 4.26. The monoisotopic (exact) mass is 465 g/mol. The lowest BCUT2D eigenvalue weighted by molar-refractivity contribution is -0.177. The summed E-state index contributed by atoms with van der Waals surface area (Å²) >= 11 is 0. The lowest BCUT2D eigenvalue weighted by Crippen LogP contribution is -2.47. The Morgan fingerprint density at radius 2 is 1.57 bits per heavy atom. The van der Waals surface area contributed by atoms with Gasteiger partial charge in [-0.05, 0) is 46.5 Å². The SMILES string of the molecule is CC(C)(C)OC(=O)COC1CCC(C(=O)OCCC(F)(F)C(F)(F)S(=O)(=O)[O-])CC1. The first kappa shape index (κ1) is 26.6. The van der Waals surface area contributed by atoms with Crippen LogP contribution >= 0.6 is 0 Å². The van der Waals surface area contributed by atoms with E-state index in [-0.39, 0.29) is 25.6 Å². The van der Waals surface area contributed by atoms with Gasteiger partial charge in [0.05, 0.1) is 25.0 Å². The highest BCUT2D eigenvalue weighted by atomic mass is 32.2. The molecule has 0 bridgehead atoms. The summed E-state index contributed by atoms with van der Waals surface area (Å²) in [5, 5.41) is -5.81. The molecule has 1 saturated carbocycles. The van der Waals surface area contributed by atoms with E-state index in [1.54, 1.807) is 20.8 Å². The van der Waals surface area contributed by atoms with Crippen molar-refractivity contribution < 1.29 is 54.3 Å². The molecular weight excluding hydrogens is 440 g/mol. The van der Waals surface area contributed by atoms with Crippen LogP contribution in [0.1, 0.15) is 52.9 Å². The van der Waals surface area contributed by atoms with Crippen molar-refractivity contribution in [2.45, 2.75) is 75.8 Å². The average Bonchev–Trinajstić information content (AvgIpc) is 2.57. The van der Waals surface area contributed by atoms with E-state index in [9.17, 15) is 40.1 Å². The second kappa shape index (κ2) is 9.77. The Bertz CT molecular complexity index is 710. The summed E-state index contributed by atoms with van der Waals surface area (Å²) in [7, 11) is -6.58. The highest BCUT2D eigenvalue weighted by Gasteiger charge is 2.61. The number of carbonyl (C=O) groups excluding carboxylic acids is 2. The zero-order chi connectivity index (χ0) is 23.4. The molecule has 0 aliphatic heterocycles. The van der Waals surface area contributed by atoms with Gasteiger partial charge >= 0.3 is 23.1 Å². The molecule has 30 heavy (non-hydrogen) atoms. The molecule has 1 rings (SSSR count). The summed E-state index contributed by atoms with van der Waals surface area (Å²) in [6.45, 7) is 3.68. The number of halogens is 4. The van der Waals surface area contributed by atoms with Crippen LogP contribution in [0.5, 0.6) is 0 Å². The summed E-state index contributed by atoms with van der Waals surface area (Å²) in [4.78, 5) is 23.5. The first-order chi connectivity index (χ1) is 13.5. The Labute approximate surface area is 172 Å². The molecule has 0 aromatic rings. The van der Waals surface area contributed by atoms with Crippen molar-refractivity contribution in [2.75, 3.05) is 13.2 Å². The van der Waals surface area contributed by atoms with Crippen LogP contribution in [0, 0.1) is 5.92 Å². The fourth-order valence-corrected chi connectivity index (χ4v) is 3.22. The number of hydrogen-bond acceptors (Lipinski definition) is 8. The number of esters is 2. The lowest BCUT2D eigenvalue weighted by atomic mass is 9.87. The Morgan fingerprint density at radius 3 is 2.03 bits per heavy atom. The average molecular weight is 465 g/mol. The number of carbonyl (C=O) groups is 2. The number of alkyl halides is 4. The highest BCUT2D eigenvalue weighted by Crippen LogP contribution is 2.40. The second-order valence-electron chi connectivity index (χ2n) is 7.96. The van der Waals surface area contributed by atoms with E-state index >= 15 is 0 Å². The van der Waals surface area contributed by atoms with Crippen molar-refractivity contribution >= 4 is 22.1 Å². The van der Waals surface area contributed by atoms with Crippen LogP contribution in [0.2, 0.25) is 0 Å². The highest BCUT2D eigenvalue weighted by molar-refractivity contribution is 7.86. The van der Waals surface area contributed by atoms with Gasteiger partial charge in [0, 0.05) is 0 Å². The van der Waals surface area contributed by atoms with Crippen molar-refractivity contribution in [2.24, 2.45) is 5.92 Å². The molecule has 1 fully saturated rings. The molecule has 0 radical (unpaired) electrons. The first-order valence-electron chi connectivity index (χ1n) is 9.17. The van der Waals surface area contributed by atoms with Crippen molar-refractivity contribution in [3.8, 4) is 0 Å². The van der Waals surface area contributed by atoms with Crippen LogP contribution in [0.4, 0.5) is 17.6 Å². The smallest absolute Gasteiger partial charge is 0.396 e. The molecule has 0 atom stereocenters. The summed E-state index contributed by atoms with van der Waals surface area (Å²) in [5.41, 5.74) is -0.652. The summed E-state index contributed by atoms with van der Waals surface area (Å²) < 4.78 is 98.6. The Hall–Kier alpha value is -1.47. The number of rotatable bonds is 9. The molecule has 0 amide bonds. The fraction of sp³-hybridized carbons (Fsp3) is 0.882. The van der Waals surface area contributed by atoms with Crippen molar-refractivity contribution in [3.05, 3.63) is 0 Å².